The Hall–Kier alpha value is -1.52. The van der Waals surface area contributed by atoms with Gasteiger partial charge >= 0.3 is 5.97 Å². The minimum absolute atomic E-state index is 0. The molecule has 1 aromatic carbocycles. The Morgan fingerprint density at radius 2 is 2.12 bits per heavy atom. The fourth-order valence-corrected chi connectivity index (χ4v) is 1.73. The van der Waals surface area contributed by atoms with E-state index in [-0.39, 0.29) is 12.4 Å². The standard InChI is InChI=1S/C11H12N2O2.ClH/c1-2-13-7-9(11(14)15-12)8-5-3-4-6-10(8)13;/h3-7H,2,12H2,1H3;1H. The van der Waals surface area contributed by atoms with Crippen LogP contribution in [0, 0.1) is 0 Å². The van der Waals surface area contributed by atoms with Crippen LogP contribution < -0.4 is 5.90 Å². The summed E-state index contributed by atoms with van der Waals surface area (Å²) in [5.74, 6) is 4.39. The number of carbonyl (C=O) groups excluding carboxylic acids is 1. The molecule has 86 valence electrons. The van der Waals surface area contributed by atoms with Crippen LogP contribution in [0.5, 0.6) is 0 Å². The molecule has 0 unspecified atom stereocenters. The number of nitrogens with zero attached hydrogens (tertiary/aromatic N) is 1. The van der Waals surface area contributed by atoms with E-state index in [4.69, 9.17) is 5.90 Å². The number of halogens is 1. The third kappa shape index (κ3) is 1.89. The van der Waals surface area contributed by atoms with Gasteiger partial charge in [0, 0.05) is 23.6 Å². The van der Waals surface area contributed by atoms with Crippen molar-refractivity contribution in [3.8, 4) is 0 Å². The summed E-state index contributed by atoms with van der Waals surface area (Å²) in [6, 6.07) is 7.67. The first-order chi connectivity index (χ1) is 7.27. The molecule has 5 heteroatoms. The summed E-state index contributed by atoms with van der Waals surface area (Å²) in [5, 5.41) is 0.870. The van der Waals surface area contributed by atoms with Crippen LogP contribution in [-0.4, -0.2) is 10.5 Å². The Labute approximate surface area is 99.3 Å². The molecule has 0 radical (unpaired) electrons. The molecule has 0 aliphatic rings. The first kappa shape index (κ1) is 12.5. The number of hydrogen-bond acceptors (Lipinski definition) is 3. The van der Waals surface area contributed by atoms with E-state index in [0.717, 1.165) is 17.4 Å². The number of nitrogens with two attached hydrogens (primary N) is 1. The molecule has 0 amide bonds. The molecule has 4 nitrogen and oxygen atoms in total. The van der Waals surface area contributed by atoms with Crippen molar-refractivity contribution in [1.82, 2.24) is 4.57 Å². The second kappa shape index (κ2) is 5.01. The molecule has 0 saturated heterocycles. The Morgan fingerprint density at radius 3 is 2.75 bits per heavy atom. The zero-order chi connectivity index (χ0) is 10.8. The van der Waals surface area contributed by atoms with Gasteiger partial charge in [-0.2, -0.15) is 5.90 Å². The lowest BCUT2D eigenvalue weighted by molar-refractivity contribution is 0.0505. The van der Waals surface area contributed by atoms with E-state index >= 15 is 0 Å². The number of fused-ring (bicyclic) bond motifs is 1. The van der Waals surface area contributed by atoms with Crippen molar-refractivity contribution in [2.75, 3.05) is 0 Å². The van der Waals surface area contributed by atoms with Crippen molar-refractivity contribution in [2.45, 2.75) is 13.5 Å². The maximum absolute atomic E-state index is 11.4. The number of carbonyl (C=O) groups is 1. The Kier molecular flexibility index (Phi) is 3.93. The molecule has 0 spiro atoms. The monoisotopic (exact) mass is 240 g/mol. The van der Waals surface area contributed by atoms with E-state index < -0.39 is 5.97 Å². The summed E-state index contributed by atoms with van der Waals surface area (Å²) >= 11 is 0. The Bertz CT molecular complexity index is 508. The third-order valence-electron chi connectivity index (χ3n) is 2.46. The lowest BCUT2D eigenvalue weighted by atomic mass is 10.2. The van der Waals surface area contributed by atoms with E-state index in [9.17, 15) is 4.79 Å². The highest BCUT2D eigenvalue weighted by molar-refractivity contribution is 6.04. The zero-order valence-corrected chi connectivity index (χ0v) is 9.66. The van der Waals surface area contributed by atoms with Gasteiger partial charge in [-0.05, 0) is 13.0 Å². The molecule has 1 heterocycles. The van der Waals surface area contributed by atoms with Crippen LogP contribution in [0.3, 0.4) is 0 Å². The average molecular weight is 241 g/mol. The molecule has 0 saturated carbocycles. The predicted molar refractivity (Wildman–Crippen MR) is 64.5 cm³/mol. The lowest BCUT2D eigenvalue weighted by Crippen LogP contribution is -2.09. The number of rotatable bonds is 2. The molecule has 0 aliphatic carbocycles. The second-order valence-corrected chi connectivity index (χ2v) is 3.25. The highest BCUT2D eigenvalue weighted by atomic mass is 35.5. The number of benzene rings is 1. The first-order valence-electron chi connectivity index (χ1n) is 4.77. The fourth-order valence-electron chi connectivity index (χ4n) is 1.73. The maximum atomic E-state index is 11.4. The minimum Gasteiger partial charge on any atom is -0.370 e. The van der Waals surface area contributed by atoms with Crippen molar-refractivity contribution in [1.29, 1.82) is 0 Å². The molecule has 2 aromatic rings. The highest BCUT2D eigenvalue weighted by Crippen LogP contribution is 2.21. The van der Waals surface area contributed by atoms with Gasteiger partial charge in [0.05, 0.1) is 5.56 Å². The van der Waals surface area contributed by atoms with Gasteiger partial charge < -0.3 is 9.40 Å². The number of hydrogen-bond donors (Lipinski definition) is 1. The van der Waals surface area contributed by atoms with E-state index in [1.165, 1.54) is 0 Å². The van der Waals surface area contributed by atoms with Crippen LogP contribution in [0.1, 0.15) is 17.3 Å². The summed E-state index contributed by atoms with van der Waals surface area (Å²) in [5.41, 5.74) is 1.52. The van der Waals surface area contributed by atoms with Crippen molar-refractivity contribution in [3.05, 3.63) is 36.0 Å². The molecule has 0 fully saturated rings. The van der Waals surface area contributed by atoms with Crippen LogP contribution in [0.25, 0.3) is 10.9 Å². The van der Waals surface area contributed by atoms with Gasteiger partial charge in [0.1, 0.15) is 0 Å². The third-order valence-corrected chi connectivity index (χ3v) is 2.46. The zero-order valence-electron chi connectivity index (χ0n) is 8.84. The summed E-state index contributed by atoms with van der Waals surface area (Å²) in [7, 11) is 0. The number of aryl methyl sites for hydroxylation is 1. The van der Waals surface area contributed by atoms with E-state index in [0.29, 0.717) is 5.56 Å². The summed E-state index contributed by atoms with van der Waals surface area (Å²) in [6.45, 7) is 2.82. The van der Waals surface area contributed by atoms with Gasteiger partial charge in [-0.3, -0.25) is 0 Å². The smallest absolute Gasteiger partial charge is 0.358 e. The topological polar surface area (TPSA) is 57.2 Å². The van der Waals surface area contributed by atoms with Crippen molar-refractivity contribution in [3.63, 3.8) is 0 Å². The predicted octanol–water partition coefficient (Wildman–Crippen LogP) is 2.11. The van der Waals surface area contributed by atoms with Crippen LogP contribution in [0.2, 0.25) is 0 Å². The van der Waals surface area contributed by atoms with Gasteiger partial charge in [-0.25, -0.2) is 4.79 Å². The molecular weight excluding hydrogens is 228 g/mol. The molecular formula is C11H13ClN2O2. The van der Waals surface area contributed by atoms with Gasteiger partial charge in [-0.15, -0.1) is 12.4 Å². The van der Waals surface area contributed by atoms with Gasteiger partial charge in [0.15, 0.2) is 0 Å². The summed E-state index contributed by atoms with van der Waals surface area (Å²) in [4.78, 5) is 15.6. The largest absolute Gasteiger partial charge is 0.370 e. The fraction of sp³-hybridized carbons (Fsp3) is 0.182. The average Bonchev–Trinajstić information content (AvgIpc) is 2.67. The van der Waals surface area contributed by atoms with E-state index in [2.05, 4.69) is 4.84 Å². The van der Waals surface area contributed by atoms with Gasteiger partial charge in [-0.1, -0.05) is 18.2 Å². The lowest BCUT2D eigenvalue weighted by Gasteiger charge is -1.97. The van der Waals surface area contributed by atoms with E-state index in [1.54, 1.807) is 6.20 Å². The van der Waals surface area contributed by atoms with Crippen LogP contribution >= 0.6 is 12.4 Å². The SMILES string of the molecule is CCn1cc(C(=O)ON)c2ccccc21.Cl. The van der Waals surface area contributed by atoms with Crippen LogP contribution in [0.4, 0.5) is 0 Å². The molecule has 0 atom stereocenters. The van der Waals surface area contributed by atoms with Gasteiger partial charge in [0.25, 0.3) is 0 Å². The minimum atomic E-state index is -0.501. The van der Waals surface area contributed by atoms with Crippen molar-refractivity contribution in [2.24, 2.45) is 5.90 Å². The van der Waals surface area contributed by atoms with Crippen LogP contribution in [0.15, 0.2) is 30.5 Å². The quantitative estimate of drug-likeness (QED) is 0.818. The normalized spacial score (nSPS) is 9.88. The second-order valence-electron chi connectivity index (χ2n) is 3.25. The molecule has 16 heavy (non-hydrogen) atoms. The Morgan fingerprint density at radius 1 is 1.44 bits per heavy atom. The first-order valence-corrected chi connectivity index (χ1v) is 4.77. The molecule has 2 N–H and O–H groups in total. The maximum Gasteiger partial charge on any atom is 0.358 e. The number of aromatic nitrogens is 1. The van der Waals surface area contributed by atoms with Gasteiger partial charge in [0.2, 0.25) is 0 Å². The van der Waals surface area contributed by atoms with Crippen LogP contribution in [-0.2, 0) is 11.4 Å². The highest BCUT2D eigenvalue weighted by Gasteiger charge is 2.14. The van der Waals surface area contributed by atoms with Crippen molar-refractivity contribution >= 4 is 29.3 Å². The Balaban J connectivity index is 0.00000128. The summed E-state index contributed by atoms with van der Waals surface area (Å²) in [6.07, 6.45) is 1.76. The molecule has 1 aromatic heterocycles. The number of para-hydroxylation sites is 1. The van der Waals surface area contributed by atoms with Crippen molar-refractivity contribution < 1.29 is 9.63 Å². The molecule has 2 rings (SSSR count). The molecule has 0 bridgehead atoms. The molecule has 0 aliphatic heterocycles. The summed E-state index contributed by atoms with van der Waals surface area (Å²) < 4.78 is 1.99. The van der Waals surface area contributed by atoms with E-state index in [1.807, 2.05) is 35.8 Å².